The average molecular weight is 315 g/mol. The van der Waals surface area contributed by atoms with E-state index in [0.717, 1.165) is 29.5 Å². The maximum absolute atomic E-state index is 10.8. The van der Waals surface area contributed by atoms with E-state index >= 15 is 0 Å². The predicted molar refractivity (Wildman–Crippen MR) is 93.6 cm³/mol. The van der Waals surface area contributed by atoms with Crippen LogP contribution in [0.5, 0.6) is 5.75 Å². The molecule has 1 aliphatic carbocycles. The Hall–Kier alpha value is -1.47. The Labute approximate surface area is 137 Å². The fourth-order valence-corrected chi connectivity index (χ4v) is 3.76. The molecule has 1 aliphatic rings. The van der Waals surface area contributed by atoms with Crippen molar-refractivity contribution < 1.29 is 5.11 Å². The van der Waals surface area contributed by atoms with E-state index in [-0.39, 0.29) is 0 Å². The van der Waals surface area contributed by atoms with E-state index in [1.54, 1.807) is 0 Å². The molecule has 1 saturated carbocycles. The molecule has 0 aromatic heterocycles. The van der Waals surface area contributed by atoms with Gasteiger partial charge in [-0.15, -0.1) is 0 Å². The van der Waals surface area contributed by atoms with Gasteiger partial charge in [-0.05, 0) is 42.0 Å². The molecule has 2 aromatic rings. The zero-order valence-electron chi connectivity index (χ0n) is 12.9. The lowest BCUT2D eigenvalue weighted by molar-refractivity contribution is 0.425. The summed E-state index contributed by atoms with van der Waals surface area (Å²) in [7, 11) is 0. The quantitative estimate of drug-likeness (QED) is 0.667. The normalized spacial score (nSPS) is 17.0. The van der Waals surface area contributed by atoms with Gasteiger partial charge in [0.05, 0.1) is 0 Å². The van der Waals surface area contributed by atoms with Crippen LogP contribution in [-0.4, -0.2) is 5.11 Å². The lowest BCUT2D eigenvalue weighted by Crippen LogP contribution is -2.03. The van der Waals surface area contributed by atoms with Crippen molar-refractivity contribution in [1.29, 1.82) is 0 Å². The van der Waals surface area contributed by atoms with Crippen molar-refractivity contribution in [3.8, 4) is 16.9 Å². The van der Waals surface area contributed by atoms with Crippen LogP contribution in [-0.2, 0) is 0 Å². The number of hydrogen-bond donors (Lipinski definition) is 1. The van der Waals surface area contributed by atoms with E-state index in [0.29, 0.717) is 16.7 Å². The number of rotatable bonds is 2. The SMILES string of the molecule is Oc1c(-c2ccccc2)cc(Cl)cc1C1CCCCCCC1. The zero-order valence-corrected chi connectivity index (χ0v) is 13.6. The molecule has 3 rings (SSSR count). The molecular weight excluding hydrogens is 292 g/mol. The van der Waals surface area contributed by atoms with Crippen molar-refractivity contribution in [3.05, 3.63) is 53.1 Å². The highest BCUT2D eigenvalue weighted by Crippen LogP contribution is 2.42. The monoisotopic (exact) mass is 314 g/mol. The molecule has 0 saturated heterocycles. The fourth-order valence-electron chi connectivity index (χ4n) is 3.54. The molecule has 0 heterocycles. The van der Waals surface area contributed by atoms with E-state index in [1.807, 2.05) is 42.5 Å². The van der Waals surface area contributed by atoms with Gasteiger partial charge in [0.25, 0.3) is 0 Å². The highest BCUT2D eigenvalue weighted by atomic mass is 35.5. The smallest absolute Gasteiger partial charge is 0.126 e. The van der Waals surface area contributed by atoms with E-state index in [9.17, 15) is 5.11 Å². The Morgan fingerprint density at radius 1 is 0.864 bits per heavy atom. The summed E-state index contributed by atoms with van der Waals surface area (Å²) in [5, 5.41) is 11.5. The molecule has 0 spiro atoms. The Kier molecular flexibility index (Phi) is 5.04. The molecule has 22 heavy (non-hydrogen) atoms. The molecule has 0 unspecified atom stereocenters. The highest BCUT2D eigenvalue weighted by molar-refractivity contribution is 6.31. The molecule has 0 amide bonds. The number of phenolic OH excluding ortho intramolecular Hbond substituents is 1. The highest BCUT2D eigenvalue weighted by Gasteiger charge is 2.20. The third-order valence-corrected chi connectivity index (χ3v) is 4.95. The maximum atomic E-state index is 10.8. The first-order valence-electron chi connectivity index (χ1n) is 8.33. The van der Waals surface area contributed by atoms with Gasteiger partial charge in [0, 0.05) is 10.6 Å². The Balaban J connectivity index is 1.99. The maximum Gasteiger partial charge on any atom is 0.126 e. The molecular formula is C20H23ClO. The molecule has 1 fully saturated rings. The van der Waals surface area contributed by atoms with Crippen molar-refractivity contribution in [2.45, 2.75) is 50.9 Å². The minimum absolute atomic E-state index is 0.418. The van der Waals surface area contributed by atoms with E-state index in [2.05, 4.69) is 0 Å². The van der Waals surface area contributed by atoms with E-state index in [4.69, 9.17) is 11.6 Å². The summed E-state index contributed by atoms with van der Waals surface area (Å²) in [6, 6.07) is 13.9. The fraction of sp³-hybridized carbons (Fsp3) is 0.400. The topological polar surface area (TPSA) is 20.2 Å². The number of halogens is 1. The summed E-state index contributed by atoms with van der Waals surface area (Å²) in [5.74, 6) is 0.850. The summed E-state index contributed by atoms with van der Waals surface area (Å²) in [4.78, 5) is 0. The zero-order chi connectivity index (χ0) is 15.4. The van der Waals surface area contributed by atoms with Gasteiger partial charge in [-0.2, -0.15) is 0 Å². The van der Waals surface area contributed by atoms with Crippen molar-refractivity contribution in [1.82, 2.24) is 0 Å². The lowest BCUT2D eigenvalue weighted by atomic mass is 9.84. The first-order valence-corrected chi connectivity index (χ1v) is 8.71. The van der Waals surface area contributed by atoms with Crippen LogP contribution in [0.25, 0.3) is 11.1 Å². The van der Waals surface area contributed by atoms with Crippen LogP contribution in [0.4, 0.5) is 0 Å². The van der Waals surface area contributed by atoms with Crippen LogP contribution in [0.2, 0.25) is 5.02 Å². The summed E-state index contributed by atoms with van der Waals surface area (Å²) in [5.41, 5.74) is 2.91. The van der Waals surface area contributed by atoms with Gasteiger partial charge in [-0.3, -0.25) is 0 Å². The third kappa shape index (κ3) is 3.47. The van der Waals surface area contributed by atoms with Crippen LogP contribution in [0.3, 0.4) is 0 Å². The molecule has 0 radical (unpaired) electrons. The average Bonchev–Trinajstić information content (AvgIpc) is 2.50. The second-order valence-corrected chi connectivity index (χ2v) is 6.74. The molecule has 0 aliphatic heterocycles. The van der Waals surface area contributed by atoms with Gasteiger partial charge in [0.15, 0.2) is 0 Å². The first-order chi connectivity index (χ1) is 10.8. The second kappa shape index (κ2) is 7.19. The van der Waals surface area contributed by atoms with Crippen LogP contribution in [0.15, 0.2) is 42.5 Å². The summed E-state index contributed by atoms with van der Waals surface area (Å²) < 4.78 is 0. The van der Waals surface area contributed by atoms with E-state index < -0.39 is 0 Å². The number of benzene rings is 2. The third-order valence-electron chi connectivity index (χ3n) is 4.73. The molecule has 1 nitrogen and oxygen atoms in total. The predicted octanol–water partition coefficient (Wildman–Crippen LogP) is 6.54. The van der Waals surface area contributed by atoms with Crippen LogP contribution in [0.1, 0.15) is 56.4 Å². The van der Waals surface area contributed by atoms with Crippen molar-refractivity contribution >= 4 is 11.6 Å². The van der Waals surface area contributed by atoms with Crippen LogP contribution < -0.4 is 0 Å². The van der Waals surface area contributed by atoms with Crippen LogP contribution in [0, 0.1) is 0 Å². The molecule has 0 bridgehead atoms. The minimum Gasteiger partial charge on any atom is -0.507 e. The van der Waals surface area contributed by atoms with Gasteiger partial charge >= 0.3 is 0 Å². The second-order valence-electron chi connectivity index (χ2n) is 6.30. The first kappa shape index (κ1) is 15.4. The molecule has 2 aromatic carbocycles. The largest absolute Gasteiger partial charge is 0.507 e. The number of aromatic hydroxyl groups is 1. The van der Waals surface area contributed by atoms with Gasteiger partial charge in [-0.25, -0.2) is 0 Å². The van der Waals surface area contributed by atoms with Gasteiger partial charge in [0.2, 0.25) is 0 Å². The number of hydrogen-bond acceptors (Lipinski definition) is 1. The summed E-state index contributed by atoms with van der Waals surface area (Å²) in [6.45, 7) is 0. The molecule has 0 atom stereocenters. The Bertz CT molecular complexity index is 613. The van der Waals surface area contributed by atoms with Crippen molar-refractivity contribution in [3.63, 3.8) is 0 Å². The Morgan fingerprint density at radius 3 is 2.18 bits per heavy atom. The number of phenols is 1. The van der Waals surface area contributed by atoms with Crippen molar-refractivity contribution in [2.24, 2.45) is 0 Å². The van der Waals surface area contributed by atoms with Crippen molar-refractivity contribution in [2.75, 3.05) is 0 Å². The standard InChI is InChI=1S/C20H23ClO/c21-17-13-18(15-9-5-2-1-3-6-10-15)20(22)19(14-17)16-11-7-4-8-12-16/h4,7-8,11-15,22H,1-3,5-6,9-10H2. The lowest BCUT2D eigenvalue weighted by Gasteiger charge is -2.22. The van der Waals surface area contributed by atoms with Gasteiger partial charge in [-0.1, -0.05) is 74.0 Å². The Morgan fingerprint density at radius 2 is 1.50 bits per heavy atom. The van der Waals surface area contributed by atoms with E-state index in [1.165, 1.54) is 32.1 Å². The van der Waals surface area contributed by atoms with Gasteiger partial charge < -0.3 is 5.11 Å². The molecule has 116 valence electrons. The van der Waals surface area contributed by atoms with Gasteiger partial charge in [0.1, 0.15) is 5.75 Å². The summed E-state index contributed by atoms with van der Waals surface area (Å²) >= 11 is 6.35. The van der Waals surface area contributed by atoms with Crippen LogP contribution >= 0.6 is 11.6 Å². The minimum atomic E-state index is 0.418. The molecule has 1 N–H and O–H groups in total. The summed E-state index contributed by atoms with van der Waals surface area (Å²) in [6.07, 6.45) is 8.77. The molecule has 2 heteroatoms.